The number of nitrogens with zero attached hydrogens (tertiary/aromatic N) is 3. The van der Waals surface area contributed by atoms with Crippen molar-refractivity contribution in [3.63, 3.8) is 0 Å². The number of amides is 1. The zero-order chi connectivity index (χ0) is 26.9. The summed E-state index contributed by atoms with van der Waals surface area (Å²) >= 11 is 1.19. The van der Waals surface area contributed by atoms with E-state index >= 15 is 0 Å². The Kier molecular flexibility index (Phi) is 8.89. The van der Waals surface area contributed by atoms with Gasteiger partial charge in [-0.1, -0.05) is 47.2 Å². The summed E-state index contributed by atoms with van der Waals surface area (Å²) in [6.45, 7) is 6.09. The Labute approximate surface area is 225 Å². The largest absolute Gasteiger partial charge is 0.462 e. The normalized spacial score (nSPS) is 10.5. The summed E-state index contributed by atoms with van der Waals surface area (Å²) in [5, 5.41) is 9.61. The molecule has 1 aromatic heterocycles. The number of aromatic nitrogens is 3. The summed E-state index contributed by atoms with van der Waals surface area (Å²) in [4.78, 5) is 37.9. The molecule has 0 spiro atoms. The molecular weight excluding hydrogens is 500 g/mol. The van der Waals surface area contributed by atoms with Gasteiger partial charge in [-0.05, 0) is 69.3 Å². The van der Waals surface area contributed by atoms with Gasteiger partial charge in [0.25, 0.3) is 0 Å². The van der Waals surface area contributed by atoms with Crippen LogP contribution in [0.3, 0.4) is 0 Å². The van der Waals surface area contributed by atoms with Crippen molar-refractivity contribution in [2.45, 2.75) is 25.9 Å². The van der Waals surface area contributed by atoms with Crippen LogP contribution in [0.1, 0.15) is 28.4 Å². The molecule has 0 fully saturated rings. The molecule has 3 aromatic carbocycles. The quantitative estimate of drug-likeness (QED) is 0.171. The van der Waals surface area contributed by atoms with E-state index in [0.29, 0.717) is 34.9 Å². The molecular formula is C28H28N6O3S. The van der Waals surface area contributed by atoms with Crippen LogP contribution in [-0.4, -0.2) is 39.2 Å². The third-order valence-corrected chi connectivity index (χ3v) is 6.09. The predicted octanol–water partition coefficient (Wildman–Crippen LogP) is 5.88. The molecule has 4 rings (SSSR count). The first-order chi connectivity index (χ1) is 18.4. The van der Waals surface area contributed by atoms with Gasteiger partial charge in [-0.25, -0.2) is 4.79 Å². The second-order valence-corrected chi connectivity index (χ2v) is 9.32. The topological polar surface area (TPSA) is 118 Å². The predicted molar refractivity (Wildman–Crippen MR) is 151 cm³/mol. The number of ether oxygens (including phenoxy) is 1. The fourth-order valence-corrected chi connectivity index (χ4v) is 3.93. The molecule has 1 heterocycles. The van der Waals surface area contributed by atoms with Crippen molar-refractivity contribution in [3.05, 3.63) is 89.5 Å². The van der Waals surface area contributed by atoms with Crippen LogP contribution in [0.2, 0.25) is 0 Å². The minimum absolute atomic E-state index is 0.0809. The molecule has 0 unspecified atom stereocenters. The van der Waals surface area contributed by atoms with Gasteiger partial charge < -0.3 is 20.7 Å². The molecule has 0 radical (unpaired) electrons. The van der Waals surface area contributed by atoms with Crippen molar-refractivity contribution < 1.29 is 14.3 Å². The van der Waals surface area contributed by atoms with E-state index in [1.807, 2.05) is 62.4 Å². The van der Waals surface area contributed by atoms with Crippen LogP contribution in [0.4, 0.5) is 29.0 Å². The summed E-state index contributed by atoms with van der Waals surface area (Å²) < 4.78 is 4.98. The molecule has 0 atom stereocenters. The van der Waals surface area contributed by atoms with Crippen molar-refractivity contribution in [2.24, 2.45) is 0 Å². The number of thioether (sulfide) groups is 1. The van der Waals surface area contributed by atoms with E-state index in [9.17, 15) is 9.59 Å². The second-order valence-electron chi connectivity index (χ2n) is 8.38. The fourth-order valence-electron chi connectivity index (χ4n) is 3.30. The molecule has 194 valence electrons. The van der Waals surface area contributed by atoms with Gasteiger partial charge in [0.2, 0.25) is 17.8 Å². The maximum absolute atomic E-state index is 12.6. The van der Waals surface area contributed by atoms with Crippen LogP contribution in [0.15, 0.2) is 78.0 Å². The highest BCUT2D eigenvalue weighted by Crippen LogP contribution is 2.22. The Balaban J connectivity index is 1.45. The molecule has 1 amide bonds. The van der Waals surface area contributed by atoms with Gasteiger partial charge in [0.15, 0.2) is 5.16 Å². The molecule has 9 nitrogen and oxygen atoms in total. The molecule has 0 bridgehead atoms. The summed E-state index contributed by atoms with van der Waals surface area (Å²) in [7, 11) is 0. The van der Waals surface area contributed by atoms with E-state index in [4.69, 9.17) is 4.74 Å². The van der Waals surface area contributed by atoms with Crippen LogP contribution in [0.5, 0.6) is 0 Å². The number of carbonyl (C=O) groups excluding carboxylic acids is 2. The zero-order valence-electron chi connectivity index (χ0n) is 21.3. The second kappa shape index (κ2) is 12.7. The first kappa shape index (κ1) is 26.6. The van der Waals surface area contributed by atoms with E-state index in [1.54, 1.807) is 31.2 Å². The van der Waals surface area contributed by atoms with Crippen molar-refractivity contribution in [3.8, 4) is 0 Å². The van der Waals surface area contributed by atoms with Crippen LogP contribution in [0, 0.1) is 13.8 Å². The van der Waals surface area contributed by atoms with Crippen molar-refractivity contribution in [1.82, 2.24) is 15.0 Å². The highest BCUT2D eigenvalue weighted by atomic mass is 32.2. The Morgan fingerprint density at radius 2 is 1.24 bits per heavy atom. The molecule has 10 heteroatoms. The Hall–Kier alpha value is -4.44. The molecule has 0 aliphatic carbocycles. The Morgan fingerprint density at radius 1 is 0.737 bits per heavy atom. The highest BCUT2D eigenvalue weighted by Gasteiger charge is 2.12. The van der Waals surface area contributed by atoms with Gasteiger partial charge in [0.1, 0.15) is 0 Å². The van der Waals surface area contributed by atoms with Crippen molar-refractivity contribution in [1.29, 1.82) is 0 Å². The van der Waals surface area contributed by atoms with Crippen molar-refractivity contribution >= 4 is 52.6 Å². The maximum Gasteiger partial charge on any atom is 0.338 e. The highest BCUT2D eigenvalue weighted by molar-refractivity contribution is 7.99. The molecule has 38 heavy (non-hydrogen) atoms. The number of benzene rings is 3. The minimum atomic E-state index is -0.402. The number of nitrogens with one attached hydrogen (secondary N) is 3. The summed E-state index contributed by atoms with van der Waals surface area (Å²) in [6, 6.07) is 22.3. The Morgan fingerprint density at radius 3 is 1.74 bits per heavy atom. The average Bonchev–Trinajstić information content (AvgIpc) is 2.91. The van der Waals surface area contributed by atoms with Crippen LogP contribution in [0.25, 0.3) is 0 Å². The number of rotatable bonds is 10. The van der Waals surface area contributed by atoms with Gasteiger partial charge in [0.05, 0.1) is 17.9 Å². The monoisotopic (exact) mass is 528 g/mol. The smallest absolute Gasteiger partial charge is 0.338 e. The molecule has 0 aliphatic heterocycles. The van der Waals surface area contributed by atoms with E-state index in [1.165, 1.54) is 11.8 Å². The lowest BCUT2D eigenvalue weighted by Crippen LogP contribution is -2.15. The van der Waals surface area contributed by atoms with Crippen LogP contribution >= 0.6 is 11.8 Å². The van der Waals surface area contributed by atoms with E-state index in [2.05, 4.69) is 30.9 Å². The lowest BCUT2D eigenvalue weighted by atomic mass is 10.2. The van der Waals surface area contributed by atoms with Gasteiger partial charge in [-0.2, -0.15) is 15.0 Å². The van der Waals surface area contributed by atoms with Crippen LogP contribution in [-0.2, 0) is 9.53 Å². The standard InChI is InChI=1S/C28H28N6O3S/c1-4-37-25(36)20-9-15-21(16-10-20)29-24(35)17-38-28-33-26(30-22-11-5-18(2)6-12-22)32-27(34-28)31-23-13-7-19(3)8-14-23/h5-16H,4,17H2,1-3H3,(H,29,35)(H2,30,31,32,33,34). The number of aryl methyl sites for hydroxylation is 2. The fraction of sp³-hybridized carbons (Fsp3) is 0.179. The van der Waals surface area contributed by atoms with E-state index in [0.717, 1.165) is 22.5 Å². The molecule has 0 aliphatic rings. The lowest BCUT2D eigenvalue weighted by Gasteiger charge is -2.11. The van der Waals surface area contributed by atoms with Gasteiger partial charge >= 0.3 is 5.97 Å². The third kappa shape index (κ3) is 7.78. The molecule has 0 saturated carbocycles. The molecule has 4 aromatic rings. The number of hydrogen-bond acceptors (Lipinski definition) is 9. The van der Waals surface area contributed by atoms with E-state index < -0.39 is 5.97 Å². The van der Waals surface area contributed by atoms with Gasteiger partial charge in [-0.3, -0.25) is 4.79 Å². The number of esters is 1. The summed E-state index contributed by atoms with van der Waals surface area (Å²) in [6.07, 6.45) is 0. The molecule has 0 saturated heterocycles. The first-order valence-corrected chi connectivity index (χ1v) is 13.0. The lowest BCUT2D eigenvalue weighted by molar-refractivity contribution is -0.113. The number of carbonyl (C=O) groups is 2. The zero-order valence-corrected chi connectivity index (χ0v) is 22.1. The SMILES string of the molecule is CCOC(=O)c1ccc(NC(=O)CSc2nc(Nc3ccc(C)cc3)nc(Nc3ccc(C)cc3)n2)cc1. The average molecular weight is 529 g/mol. The Bertz CT molecular complexity index is 1330. The molecule has 3 N–H and O–H groups in total. The van der Waals surface area contributed by atoms with Crippen molar-refractivity contribution in [2.75, 3.05) is 28.3 Å². The first-order valence-electron chi connectivity index (χ1n) is 12.0. The van der Waals surface area contributed by atoms with Crippen LogP contribution < -0.4 is 16.0 Å². The van der Waals surface area contributed by atoms with E-state index in [-0.39, 0.29) is 11.7 Å². The van der Waals surface area contributed by atoms with Gasteiger partial charge in [-0.15, -0.1) is 0 Å². The van der Waals surface area contributed by atoms with Gasteiger partial charge in [0, 0.05) is 17.1 Å². The number of anilines is 5. The summed E-state index contributed by atoms with van der Waals surface area (Å²) in [5.74, 6) is 0.158. The summed E-state index contributed by atoms with van der Waals surface area (Å²) in [5.41, 5.74) is 4.96. The third-order valence-electron chi connectivity index (χ3n) is 5.24. The minimum Gasteiger partial charge on any atom is -0.462 e. The number of hydrogen-bond donors (Lipinski definition) is 3. The maximum atomic E-state index is 12.6.